The van der Waals surface area contributed by atoms with E-state index >= 15 is 0 Å². The van der Waals surface area contributed by atoms with Crippen molar-refractivity contribution >= 4 is 33.4 Å². The molecule has 0 amide bonds. The Morgan fingerprint density at radius 3 is 1.98 bits per heavy atom. The molecule has 0 saturated carbocycles. The fraction of sp³-hybridized carbons (Fsp3) is 0.152. The maximum atomic E-state index is 13.5. The zero-order valence-electron chi connectivity index (χ0n) is 22.1. The van der Waals surface area contributed by atoms with E-state index in [1.807, 2.05) is 49.4 Å². The Morgan fingerprint density at radius 2 is 1.32 bits per heavy atom. The molecule has 6 rings (SSSR count). The molecule has 4 aromatic carbocycles. The molecule has 0 aliphatic carbocycles. The third kappa shape index (κ3) is 5.44. The smallest absolute Gasteiger partial charge is 0.315 e. The summed E-state index contributed by atoms with van der Waals surface area (Å²) >= 11 is 0. The fourth-order valence-electron chi connectivity index (χ4n) is 5.46. The van der Waals surface area contributed by atoms with Gasteiger partial charge in [0.2, 0.25) is 0 Å². The first-order valence-corrected chi connectivity index (χ1v) is 14.6. The number of ether oxygens (including phenoxy) is 1. The van der Waals surface area contributed by atoms with Gasteiger partial charge in [-0.1, -0.05) is 66.2 Å². The number of hydrogen-bond acceptors (Lipinski definition) is 7. The molecule has 2 heterocycles. The van der Waals surface area contributed by atoms with Gasteiger partial charge in [0, 0.05) is 12.5 Å². The van der Waals surface area contributed by atoms with Crippen molar-refractivity contribution in [2.24, 2.45) is 0 Å². The minimum absolute atomic E-state index is 0.0270. The van der Waals surface area contributed by atoms with E-state index in [1.54, 1.807) is 54.6 Å². The molecule has 1 saturated heterocycles. The summed E-state index contributed by atoms with van der Waals surface area (Å²) in [5.74, 6) is 0.351. The van der Waals surface area contributed by atoms with Gasteiger partial charge in [0.1, 0.15) is 34.4 Å². The van der Waals surface area contributed by atoms with Crippen molar-refractivity contribution in [2.75, 3.05) is 0 Å². The molecule has 7 nitrogen and oxygen atoms in total. The fourth-order valence-corrected chi connectivity index (χ4v) is 6.88. The molecule has 3 N–H and O–H groups in total. The highest BCUT2D eigenvalue weighted by Crippen LogP contribution is 2.51. The highest BCUT2D eigenvalue weighted by Gasteiger charge is 2.53. The van der Waals surface area contributed by atoms with Crippen molar-refractivity contribution < 1.29 is 32.7 Å². The maximum Gasteiger partial charge on any atom is 0.315 e. The van der Waals surface area contributed by atoms with Crippen molar-refractivity contribution in [3.05, 3.63) is 119 Å². The zero-order chi connectivity index (χ0) is 28.7. The highest BCUT2D eigenvalue weighted by atomic mass is 32.2. The van der Waals surface area contributed by atoms with E-state index in [0.29, 0.717) is 5.56 Å². The molecule has 2 aliphatic heterocycles. The first-order valence-electron chi connectivity index (χ1n) is 13.2. The molecule has 3 unspecified atom stereocenters. The zero-order valence-corrected chi connectivity index (χ0v) is 23.0. The van der Waals surface area contributed by atoms with E-state index in [4.69, 9.17) is 8.92 Å². The number of phenolic OH excluding ortho intramolecular Hbond substituents is 3. The number of benzene rings is 4. The second kappa shape index (κ2) is 10.5. The first-order chi connectivity index (χ1) is 19.7. The van der Waals surface area contributed by atoms with Crippen LogP contribution in [0.3, 0.4) is 0 Å². The second-order valence-corrected chi connectivity index (χ2v) is 12.1. The van der Waals surface area contributed by atoms with Crippen LogP contribution in [0.2, 0.25) is 0 Å². The van der Waals surface area contributed by atoms with Crippen LogP contribution in [0.4, 0.5) is 0 Å². The minimum atomic E-state index is -4.02. The van der Waals surface area contributed by atoms with E-state index < -0.39 is 27.6 Å². The number of aryl methyl sites for hydroxylation is 1. The number of phenols is 3. The van der Waals surface area contributed by atoms with Gasteiger partial charge in [0.15, 0.2) is 0 Å². The van der Waals surface area contributed by atoms with Gasteiger partial charge in [-0.2, -0.15) is 8.42 Å². The molecule has 0 spiro atoms. The summed E-state index contributed by atoms with van der Waals surface area (Å²) in [6.07, 6.45) is 2.72. The van der Waals surface area contributed by atoms with Gasteiger partial charge in [-0.05, 0) is 76.7 Å². The monoisotopic (exact) mass is 568 g/mol. The lowest BCUT2D eigenvalue weighted by Gasteiger charge is -2.24. The van der Waals surface area contributed by atoms with Crippen molar-refractivity contribution in [3.63, 3.8) is 0 Å². The summed E-state index contributed by atoms with van der Waals surface area (Å²) in [5.41, 5.74) is 5.87. The Bertz CT molecular complexity index is 1730. The molecule has 0 aromatic heterocycles. The van der Waals surface area contributed by atoms with Gasteiger partial charge in [-0.3, -0.25) is 0 Å². The third-order valence-electron chi connectivity index (χ3n) is 7.39. The van der Waals surface area contributed by atoms with Crippen molar-refractivity contribution in [1.29, 1.82) is 0 Å². The standard InChI is InChI=1S/C33H28O7S/c1-20-2-14-28(15-3-20)40-41(37,38)30-19-29-31(23-10-12-25(34)13-11-23)32(33(30)39-29)24-8-6-21(7-9-24)4-5-22-16-26(35)18-27(36)17-22/h2-18,29-30,33-36H,19H2,1H3/b5-4+. The van der Waals surface area contributed by atoms with Gasteiger partial charge in [0.25, 0.3) is 0 Å². The molecular weight excluding hydrogens is 540 g/mol. The lowest BCUT2D eigenvalue weighted by Crippen LogP contribution is -2.35. The average Bonchev–Trinajstić information content (AvgIpc) is 3.54. The van der Waals surface area contributed by atoms with Crippen LogP contribution < -0.4 is 4.18 Å². The summed E-state index contributed by atoms with van der Waals surface area (Å²) in [5, 5.41) is 28.4. The van der Waals surface area contributed by atoms with Crippen LogP contribution in [0.5, 0.6) is 23.0 Å². The summed E-state index contributed by atoms with van der Waals surface area (Å²) < 4.78 is 38.8. The van der Waals surface area contributed by atoms with Crippen LogP contribution in [-0.4, -0.2) is 41.2 Å². The van der Waals surface area contributed by atoms with Crippen LogP contribution in [0, 0.1) is 6.92 Å². The van der Waals surface area contributed by atoms with Crippen molar-refractivity contribution in [3.8, 4) is 23.0 Å². The molecule has 2 bridgehead atoms. The predicted molar refractivity (Wildman–Crippen MR) is 158 cm³/mol. The molecule has 8 heteroatoms. The van der Waals surface area contributed by atoms with Crippen LogP contribution in [-0.2, 0) is 14.9 Å². The van der Waals surface area contributed by atoms with Gasteiger partial charge in [-0.15, -0.1) is 0 Å². The number of hydrogen-bond donors (Lipinski definition) is 3. The Labute approximate surface area is 238 Å². The molecule has 0 radical (unpaired) electrons. The molecule has 3 atom stereocenters. The van der Waals surface area contributed by atoms with Crippen LogP contribution >= 0.6 is 0 Å². The third-order valence-corrected chi connectivity index (χ3v) is 8.99. The van der Waals surface area contributed by atoms with Crippen LogP contribution in [0.25, 0.3) is 23.3 Å². The maximum absolute atomic E-state index is 13.5. The summed E-state index contributed by atoms with van der Waals surface area (Å²) in [6, 6.07) is 25.7. The summed E-state index contributed by atoms with van der Waals surface area (Å²) in [6.45, 7) is 1.92. The molecule has 41 heavy (non-hydrogen) atoms. The van der Waals surface area contributed by atoms with Crippen molar-refractivity contribution in [1.82, 2.24) is 0 Å². The van der Waals surface area contributed by atoms with Crippen molar-refractivity contribution in [2.45, 2.75) is 30.8 Å². The van der Waals surface area contributed by atoms with E-state index in [2.05, 4.69) is 0 Å². The molecule has 1 fully saturated rings. The van der Waals surface area contributed by atoms with Gasteiger partial charge in [-0.25, -0.2) is 0 Å². The lowest BCUT2D eigenvalue weighted by molar-refractivity contribution is 0.128. The Hall–Kier alpha value is -4.53. The minimum Gasteiger partial charge on any atom is -0.508 e. The second-order valence-electron chi connectivity index (χ2n) is 10.3. The van der Waals surface area contributed by atoms with Crippen LogP contribution in [0.1, 0.15) is 34.2 Å². The Balaban J connectivity index is 1.34. The lowest BCUT2D eigenvalue weighted by atomic mass is 9.83. The Morgan fingerprint density at radius 1 is 0.732 bits per heavy atom. The largest absolute Gasteiger partial charge is 0.508 e. The van der Waals surface area contributed by atoms with E-state index in [-0.39, 0.29) is 29.4 Å². The van der Waals surface area contributed by atoms with Gasteiger partial charge < -0.3 is 24.2 Å². The molecule has 2 aliphatic rings. The van der Waals surface area contributed by atoms with E-state index in [0.717, 1.165) is 33.4 Å². The summed E-state index contributed by atoms with van der Waals surface area (Å²) in [4.78, 5) is 0. The SMILES string of the molecule is Cc1ccc(OS(=O)(=O)C2CC3OC2C(c2ccc(/C=C/c4cc(O)cc(O)c4)cc2)=C3c2ccc(O)cc2)cc1. The average molecular weight is 569 g/mol. The highest BCUT2D eigenvalue weighted by molar-refractivity contribution is 7.87. The number of fused-ring (bicyclic) bond motifs is 2. The van der Waals surface area contributed by atoms with Crippen LogP contribution in [0.15, 0.2) is 91.0 Å². The molecular formula is C33H28O7S. The number of rotatable bonds is 7. The number of aromatic hydroxyl groups is 3. The van der Waals surface area contributed by atoms with E-state index in [1.165, 1.54) is 6.07 Å². The van der Waals surface area contributed by atoms with Gasteiger partial charge in [0.05, 0.1) is 6.10 Å². The van der Waals surface area contributed by atoms with E-state index in [9.17, 15) is 23.7 Å². The quantitative estimate of drug-likeness (QED) is 0.181. The molecule has 4 aromatic rings. The topological polar surface area (TPSA) is 113 Å². The summed E-state index contributed by atoms with van der Waals surface area (Å²) in [7, 11) is -4.02. The predicted octanol–water partition coefficient (Wildman–Crippen LogP) is 6.14. The first kappa shape index (κ1) is 26.7. The normalized spacial score (nSPS) is 20.2. The Kier molecular flexibility index (Phi) is 6.81. The molecule has 208 valence electrons. The van der Waals surface area contributed by atoms with Gasteiger partial charge >= 0.3 is 10.1 Å².